The molecular formula is C10H16N5O8P. The molecule has 0 aromatic carbocycles. The summed E-state index contributed by atoms with van der Waals surface area (Å²) in [4.78, 5) is 22.9. The van der Waals surface area contributed by atoms with E-state index < -0.39 is 39.0 Å². The van der Waals surface area contributed by atoms with Gasteiger partial charge in [0.1, 0.15) is 30.3 Å². The zero-order valence-electron chi connectivity index (χ0n) is 12.1. The molecule has 1 fully saturated rings. The molecule has 1 aromatic heterocycles. The van der Waals surface area contributed by atoms with E-state index in [9.17, 15) is 14.8 Å². The van der Waals surface area contributed by atoms with E-state index in [4.69, 9.17) is 25.0 Å². The second-order valence-electron chi connectivity index (χ2n) is 5.22. The molecule has 134 valence electrons. The van der Waals surface area contributed by atoms with Gasteiger partial charge in [0.05, 0.1) is 13.3 Å². The summed E-state index contributed by atoms with van der Waals surface area (Å²) >= 11 is 0. The summed E-state index contributed by atoms with van der Waals surface area (Å²) in [5.74, 6) is -0.0202. The predicted octanol–water partition coefficient (Wildman–Crippen LogP) is -3.49. The molecule has 0 aliphatic carbocycles. The first-order valence-electron chi connectivity index (χ1n) is 6.78. The number of aliphatic hydroxyl groups excluding tert-OH is 3. The molecule has 1 saturated heterocycles. The van der Waals surface area contributed by atoms with E-state index in [2.05, 4.69) is 14.9 Å². The fraction of sp³-hybridized carbons (Fsp3) is 0.600. The van der Waals surface area contributed by atoms with Crippen LogP contribution in [0.4, 0.5) is 11.5 Å². The molecule has 0 amide bonds. The number of phosphoric acid groups is 1. The standard InChI is InChI=1S/C10H16N5O8P/c11-8-5-9(15(3-13-8)23-24(19,20)21)14(2-12-5)10-7(18)6(17)4(1-16)22-10/h3-4,6-7,10-12,16-18H,1-2H2,(H2,19,20,21)/t4-,6-,7-,10-/m1/s1. The summed E-state index contributed by atoms with van der Waals surface area (Å²) in [6.07, 6.45) is -4.03. The Morgan fingerprint density at radius 1 is 1.46 bits per heavy atom. The molecule has 0 radical (unpaired) electrons. The first kappa shape index (κ1) is 17.1. The molecule has 2 aliphatic rings. The molecule has 13 nitrogen and oxygen atoms in total. The summed E-state index contributed by atoms with van der Waals surface area (Å²) in [7, 11) is -4.92. The predicted molar refractivity (Wildman–Crippen MR) is 75.4 cm³/mol. The number of nitrogens with one attached hydrogen (secondary N) is 2. The monoisotopic (exact) mass is 365 g/mol. The lowest BCUT2D eigenvalue weighted by atomic mass is 10.1. The van der Waals surface area contributed by atoms with Gasteiger partial charge in [0.15, 0.2) is 17.5 Å². The summed E-state index contributed by atoms with van der Waals surface area (Å²) in [5, 5.41) is 39.7. The fourth-order valence-electron chi connectivity index (χ4n) is 2.64. The SMILES string of the molecule is N=c1ncn(OP(=O)(O)O)c2c1NCN2[C@@H]1O[C@H](CO)[C@@H](O)[C@H]1O. The molecule has 0 saturated carbocycles. The van der Waals surface area contributed by atoms with Crippen molar-refractivity contribution in [2.75, 3.05) is 23.5 Å². The van der Waals surface area contributed by atoms with Gasteiger partial charge < -0.3 is 34.9 Å². The maximum Gasteiger partial charge on any atom is 0.543 e. The van der Waals surface area contributed by atoms with Crippen molar-refractivity contribution in [2.45, 2.75) is 24.5 Å². The van der Waals surface area contributed by atoms with Crippen LogP contribution in [0.15, 0.2) is 6.33 Å². The van der Waals surface area contributed by atoms with Crippen molar-refractivity contribution >= 4 is 19.3 Å². The van der Waals surface area contributed by atoms with E-state index in [1.165, 1.54) is 4.90 Å². The van der Waals surface area contributed by atoms with Gasteiger partial charge in [-0.25, -0.2) is 9.55 Å². The second kappa shape index (κ2) is 5.97. The van der Waals surface area contributed by atoms with Crippen molar-refractivity contribution in [3.05, 3.63) is 11.8 Å². The minimum absolute atomic E-state index is 0.00990. The van der Waals surface area contributed by atoms with Crippen molar-refractivity contribution in [3.63, 3.8) is 0 Å². The zero-order chi connectivity index (χ0) is 17.6. The van der Waals surface area contributed by atoms with Crippen LogP contribution in [0, 0.1) is 5.41 Å². The molecule has 0 spiro atoms. The van der Waals surface area contributed by atoms with Crippen LogP contribution in [0.25, 0.3) is 0 Å². The molecule has 3 heterocycles. The minimum atomic E-state index is -4.92. The average Bonchev–Trinajstić information content (AvgIpc) is 3.05. The van der Waals surface area contributed by atoms with E-state index in [1.54, 1.807) is 0 Å². The molecule has 7 N–H and O–H groups in total. The first-order valence-corrected chi connectivity index (χ1v) is 8.31. The maximum absolute atomic E-state index is 11.1. The number of nitrogens with zero attached hydrogens (tertiary/aromatic N) is 3. The quantitative estimate of drug-likeness (QED) is 0.262. The highest BCUT2D eigenvalue weighted by Crippen LogP contribution is 2.38. The highest BCUT2D eigenvalue weighted by molar-refractivity contribution is 7.46. The highest BCUT2D eigenvalue weighted by Gasteiger charge is 2.47. The van der Waals surface area contributed by atoms with Crippen LogP contribution in [0.3, 0.4) is 0 Å². The van der Waals surface area contributed by atoms with Crippen LogP contribution in [-0.4, -0.2) is 72.6 Å². The third-order valence-corrected chi connectivity index (χ3v) is 4.07. The van der Waals surface area contributed by atoms with Gasteiger partial charge >= 0.3 is 7.82 Å². The largest absolute Gasteiger partial charge is 0.543 e. The summed E-state index contributed by atoms with van der Waals surface area (Å²) in [6, 6.07) is 0. The summed E-state index contributed by atoms with van der Waals surface area (Å²) in [5.41, 5.74) is -0.117. The summed E-state index contributed by atoms with van der Waals surface area (Å²) < 4.78 is 21.7. The van der Waals surface area contributed by atoms with E-state index >= 15 is 0 Å². The van der Waals surface area contributed by atoms with Gasteiger partial charge in [-0.05, 0) is 0 Å². The number of hydrogen-bond acceptors (Lipinski definition) is 10. The molecule has 24 heavy (non-hydrogen) atoms. The minimum Gasteiger partial charge on any atom is -0.394 e. The first-order chi connectivity index (χ1) is 11.2. The molecule has 0 unspecified atom stereocenters. The smallest absolute Gasteiger partial charge is 0.394 e. The van der Waals surface area contributed by atoms with Gasteiger partial charge in [0, 0.05) is 0 Å². The molecule has 0 bridgehead atoms. The molecule has 2 aliphatic heterocycles. The lowest BCUT2D eigenvalue weighted by Gasteiger charge is -2.28. The van der Waals surface area contributed by atoms with Gasteiger partial charge in [-0.2, -0.15) is 0 Å². The Kier molecular flexibility index (Phi) is 4.25. The zero-order valence-corrected chi connectivity index (χ0v) is 12.9. The lowest BCUT2D eigenvalue weighted by Crippen LogP contribution is -2.45. The van der Waals surface area contributed by atoms with Gasteiger partial charge in [-0.3, -0.25) is 15.2 Å². The van der Waals surface area contributed by atoms with Crippen LogP contribution in [0.1, 0.15) is 0 Å². The molecule has 14 heteroatoms. The Balaban J connectivity index is 2.00. The van der Waals surface area contributed by atoms with Gasteiger partial charge in [0.25, 0.3) is 0 Å². The van der Waals surface area contributed by atoms with Gasteiger partial charge in [-0.1, -0.05) is 0 Å². The Labute approximate surface area is 134 Å². The fourth-order valence-corrected chi connectivity index (χ4v) is 2.99. The van der Waals surface area contributed by atoms with E-state index in [0.717, 1.165) is 6.33 Å². The van der Waals surface area contributed by atoms with Crippen LogP contribution >= 0.6 is 7.82 Å². The Morgan fingerprint density at radius 2 is 2.17 bits per heavy atom. The van der Waals surface area contributed by atoms with Crippen LogP contribution in [0.5, 0.6) is 0 Å². The normalized spacial score (nSPS) is 29.5. The maximum atomic E-state index is 11.1. The van der Waals surface area contributed by atoms with Crippen molar-refractivity contribution in [1.82, 2.24) is 9.71 Å². The van der Waals surface area contributed by atoms with Crippen molar-refractivity contribution in [1.29, 1.82) is 5.41 Å². The van der Waals surface area contributed by atoms with Crippen LogP contribution < -0.4 is 20.3 Å². The Morgan fingerprint density at radius 3 is 2.75 bits per heavy atom. The Hall–Kier alpha value is -1.73. The number of aromatic nitrogens is 2. The topological polar surface area (TPSA) is 194 Å². The lowest BCUT2D eigenvalue weighted by molar-refractivity contribution is -0.0225. The molecular weight excluding hydrogens is 349 g/mol. The number of fused-ring (bicyclic) bond motifs is 1. The number of hydrogen-bond donors (Lipinski definition) is 7. The van der Waals surface area contributed by atoms with Gasteiger partial charge in [0.2, 0.25) is 0 Å². The number of anilines is 2. The van der Waals surface area contributed by atoms with E-state index in [1.807, 2.05) is 0 Å². The number of aliphatic hydroxyl groups is 3. The third kappa shape index (κ3) is 2.86. The van der Waals surface area contributed by atoms with Crippen molar-refractivity contribution in [3.8, 4) is 0 Å². The average molecular weight is 365 g/mol. The number of rotatable bonds is 4. The van der Waals surface area contributed by atoms with Crippen LogP contribution in [0.2, 0.25) is 0 Å². The molecule has 3 rings (SSSR count). The number of ether oxygens (including phenoxy) is 1. The van der Waals surface area contributed by atoms with Crippen molar-refractivity contribution < 1.29 is 39.0 Å². The Bertz CT molecular complexity index is 736. The molecule has 4 atom stereocenters. The van der Waals surface area contributed by atoms with E-state index in [0.29, 0.717) is 4.73 Å². The van der Waals surface area contributed by atoms with Crippen LogP contribution in [-0.2, 0) is 9.30 Å². The van der Waals surface area contributed by atoms with Crippen molar-refractivity contribution in [2.24, 2.45) is 0 Å². The second-order valence-corrected chi connectivity index (χ2v) is 6.37. The van der Waals surface area contributed by atoms with Gasteiger partial charge in [-0.15, -0.1) is 4.73 Å². The summed E-state index contributed by atoms with van der Waals surface area (Å²) in [6.45, 7) is -0.536. The third-order valence-electron chi connectivity index (χ3n) is 3.68. The highest BCUT2D eigenvalue weighted by atomic mass is 31.2. The van der Waals surface area contributed by atoms with E-state index in [-0.39, 0.29) is 23.7 Å². The molecule has 1 aromatic rings.